The van der Waals surface area contributed by atoms with Crippen LogP contribution in [0.25, 0.3) is 0 Å². The first-order valence-electron chi connectivity index (χ1n) is 8.94. The number of nitrogens with zero attached hydrogens (tertiary/aromatic N) is 1. The first kappa shape index (κ1) is 19.9. The molecular formula is C17H38N2O. The number of nitrogens with one attached hydrogen (secondary N) is 1. The Hall–Kier alpha value is -0.120. The Morgan fingerprint density at radius 1 is 1.00 bits per heavy atom. The first-order chi connectivity index (χ1) is 9.83. The first-order valence-corrected chi connectivity index (χ1v) is 8.94. The fourth-order valence-corrected chi connectivity index (χ4v) is 2.26. The van der Waals surface area contributed by atoms with Gasteiger partial charge in [-0.15, -0.1) is 0 Å². The largest absolute Gasteiger partial charge is 0.393 e. The van der Waals surface area contributed by atoms with Crippen LogP contribution in [-0.2, 0) is 0 Å². The Kier molecular flexibility index (Phi) is 15.2. The van der Waals surface area contributed by atoms with Crippen molar-refractivity contribution in [3.63, 3.8) is 0 Å². The van der Waals surface area contributed by atoms with Gasteiger partial charge in [-0.05, 0) is 32.2 Å². The SMILES string of the molecule is CC.CCCCCCCN1CCNCC1.OC1CCC1. The van der Waals surface area contributed by atoms with Crippen molar-refractivity contribution in [1.82, 2.24) is 10.2 Å². The van der Waals surface area contributed by atoms with Crippen LogP contribution in [0.4, 0.5) is 0 Å². The van der Waals surface area contributed by atoms with E-state index in [1.165, 1.54) is 71.2 Å². The number of hydrogen-bond acceptors (Lipinski definition) is 3. The van der Waals surface area contributed by atoms with Crippen LogP contribution >= 0.6 is 0 Å². The van der Waals surface area contributed by atoms with Gasteiger partial charge in [0.25, 0.3) is 0 Å². The van der Waals surface area contributed by atoms with E-state index < -0.39 is 0 Å². The summed E-state index contributed by atoms with van der Waals surface area (Å²) in [5.41, 5.74) is 0. The lowest BCUT2D eigenvalue weighted by atomic mass is 9.97. The van der Waals surface area contributed by atoms with Crippen LogP contribution in [0, 0.1) is 0 Å². The van der Waals surface area contributed by atoms with Crippen molar-refractivity contribution in [2.24, 2.45) is 0 Å². The molecule has 1 aliphatic heterocycles. The molecule has 0 amide bonds. The Morgan fingerprint density at radius 2 is 1.55 bits per heavy atom. The summed E-state index contributed by atoms with van der Waals surface area (Å²) in [4.78, 5) is 2.59. The Morgan fingerprint density at radius 3 is 2.00 bits per heavy atom. The number of rotatable bonds is 6. The molecule has 122 valence electrons. The topological polar surface area (TPSA) is 35.5 Å². The molecule has 0 unspecified atom stereocenters. The Labute approximate surface area is 127 Å². The van der Waals surface area contributed by atoms with Crippen molar-refractivity contribution in [2.75, 3.05) is 32.7 Å². The molecular weight excluding hydrogens is 248 g/mol. The minimum atomic E-state index is 0.0648. The molecule has 0 aromatic heterocycles. The lowest BCUT2D eigenvalue weighted by Gasteiger charge is -2.26. The normalized spacial score (nSPS) is 19.2. The van der Waals surface area contributed by atoms with E-state index in [4.69, 9.17) is 5.11 Å². The quantitative estimate of drug-likeness (QED) is 0.734. The van der Waals surface area contributed by atoms with E-state index >= 15 is 0 Å². The van der Waals surface area contributed by atoms with Gasteiger partial charge >= 0.3 is 0 Å². The predicted molar refractivity (Wildman–Crippen MR) is 89.3 cm³/mol. The van der Waals surface area contributed by atoms with Crippen LogP contribution in [0.2, 0.25) is 0 Å². The second-order valence-electron chi connectivity index (χ2n) is 5.59. The molecule has 0 radical (unpaired) electrons. The molecule has 2 fully saturated rings. The van der Waals surface area contributed by atoms with Gasteiger partial charge in [0.2, 0.25) is 0 Å². The van der Waals surface area contributed by atoms with Gasteiger partial charge in [-0.25, -0.2) is 0 Å². The Bertz CT molecular complexity index is 178. The predicted octanol–water partition coefficient (Wildman–Crippen LogP) is 3.42. The molecule has 0 aromatic carbocycles. The molecule has 3 nitrogen and oxygen atoms in total. The summed E-state index contributed by atoms with van der Waals surface area (Å²) in [6, 6.07) is 0. The number of aliphatic hydroxyl groups is 1. The van der Waals surface area contributed by atoms with Crippen molar-refractivity contribution in [2.45, 2.75) is 78.2 Å². The second kappa shape index (κ2) is 15.3. The minimum Gasteiger partial charge on any atom is -0.393 e. The summed E-state index contributed by atoms with van der Waals surface area (Å²) >= 11 is 0. The monoisotopic (exact) mass is 286 g/mol. The summed E-state index contributed by atoms with van der Waals surface area (Å²) in [6.45, 7) is 12.5. The molecule has 0 aromatic rings. The van der Waals surface area contributed by atoms with Crippen molar-refractivity contribution < 1.29 is 5.11 Å². The maximum Gasteiger partial charge on any atom is 0.0540 e. The van der Waals surface area contributed by atoms with Crippen LogP contribution in [0.15, 0.2) is 0 Å². The highest BCUT2D eigenvalue weighted by Gasteiger charge is 2.11. The molecule has 20 heavy (non-hydrogen) atoms. The van der Waals surface area contributed by atoms with Crippen LogP contribution < -0.4 is 5.32 Å². The van der Waals surface area contributed by atoms with Gasteiger partial charge in [0.15, 0.2) is 0 Å². The molecule has 1 saturated heterocycles. The van der Waals surface area contributed by atoms with E-state index in [-0.39, 0.29) is 6.10 Å². The van der Waals surface area contributed by atoms with Crippen LogP contribution in [0.1, 0.15) is 72.1 Å². The Balaban J connectivity index is 0.000000427. The maximum absolute atomic E-state index is 8.45. The highest BCUT2D eigenvalue weighted by molar-refractivity contribution is 4.67. The van der Waals surface area contributed by atoms with Crippen LogP contribution in [0.5, 0.6) is 0 Å². The zero-order valence-electron chi connectivity index (χ0n) is 14.2. The summed E-state index contributed by atoms with van der Waals surface area (Å²) in [6.07, 6.45) is 10.4. The third-order valence-electron chi connectivity index (χ3n) is 3.86. The average Bonchev–Trinajstić information content (AvgIpc) is 2.49. The molecule has 1 saturated carbocycles. The van der Waals surface area contributed by atoms with Crippen molar-refractivity contribution in [3.05, 3.63) is 0 Å². The van der Waals surface area contributed by atoms with Gasteiger partial charge in [0.1, 0.15) is 0 Å². The molecule has 2 N–H and O–H groups in total. The van der Waals surface area contributed by atoms with Gasteiger partial charge in [0, 0.05) is 26.2 Å². The fourth-order valence-electron chi connectivity index (χ4n) is 2.26. The van der Waals surface area contributed by atoms with Gasteiger partial charge in [-0.1, -0.05) is 46.5 Å². The molecule has 2 rings (SSSR count). The standard InChI is InChI=1S/C11H24N2.C4H8O.C2H6/c1-2-3-4-5-6-9-13-10-7-12-8-11-13;5-4-2-1-3-4;1-2/h12H,2-11H2,1H3;4-5H,1-3H2;1-2H3. The van der Waals surface area contributed by atoms with Gasteiger partial charge in [-0.2, -0.15) is 0 Å². The number of hydrogen-bond donors (Lipinski definition) is 2. The van der Waals surface area contributed by atoms with Crippen LogP contribution in [0.3, 0.4) is 0 Å². The summed E-state index contributed by atoms with van der Waals surface area (Å²) in [7, 11) is 0. The molecule has 2 aliphatic rings. The second-order valence-corrected chi connectivity index (χ2v) is 5.59. The summed E-state index contributed by atoms with van der Waals surface area (Å²) in [5.74, 6) is 0. The highest BCUT2D eigenvalue weighted by atomic mass is 16.3. The fraction of sp³-hybridized carbons (Fsp3) is 1.00. The number of unbranched alkanes of at least 4 members (excludes halogenated alkanes) is 4. The average molecular weight is 287 g/mol. The number of piperazine rings is 1. The summed E-state index contributed by atoms with van der Waals surface area (Å²) in [5, 5.41) is 11.8. The van der Waals surface area contributed by atoms with E-state index in [0.29, 0.717) is 0 Å². The zero-order valence-corrected chi connectivity index (χ0v) is 14.2. The molecule has 3 heteroatoms. The van der Waals surface area contributed by atoms with Crippen molar-refractivity contribution in [3.8, 4) is 0 Å². The van der Waals surface area contributed by atoms with E-state index in [1.807, 2.05) is 13.8 Å². The molecule has 1 heterocycles. The lowest BCUT2D eigenvalue weighted by Crippen LogP contribution is -2.43. The molecule has 0 bridgehead atoms. The van der Waals surface area contributed by atoms with Gasteiger partial charge in [-0.3, -0.25) is 0 Å². The highest BCUT2D eigenvalue weighted by Crippen LogP contribution is 2.16. The third kappa shape index (κ3) is 11.7. The molecule has 1 aliphatic carbocycles. The van der Waals surface area contributed by atoms with Gasteiger partial charge in [0.05, 0.1) is 6.10 Å². The van der Waals surface area contributed by atoms with E-state index in [1.54, 1.807) is 0 Å². The van der Waals surface area contributed by atoms with Crippen molar-refractivity contribution in [1.29, 1.82) is 0 Å². The van der Waals surface area contributed by atoms with Crippen LogP contribution in [-0.4, -0.2) is 48.8 Å². The number of aliphatic hydroxyl groups excluding tert-OH is 1. The smallest absolute Gasteiger partial charge is 0.0540 e. The molecule has 0 atom stereocenters. The van der Waals surface area contributed by atoms with Crippen molar-refractivity contribution >= 4 is 0 Å². The lowest BCUT2D eigenvalue weighted by molar-refractivity contribution is 0.0950. The minimum absolute atomic E-state index is 0.0648. The van der Waals surface area contributed by atoms with Gasteiger partial charge < -0.3 is 15.3 Å². The molecule has 0 spiro atoms. The van der Waals surface area contributed by atoms with E-state index in [0.717, 1.165) is 12.8 Å². The van der Waals surface area contributed by atoms with E-state index in [2.05, 4.69) is 17.1 Å². The maximum atomic E-state index is 8.45. The summed E-state index contributed by atoms with van der Waals surface area (Å²) < 4.78 is 0. The third-order valence-corrected chi connectivity index (χ3v) is 3.86. The van der Waals surface area contributed by atoms with E-state index in [9.17, 15) is 0 Å². The zero-order chi connectivity index (χ0) is 15.1.